The monoisotopic (exact) mass is 435 g/mol. The van der Waals surface area contributed by atoms with Gasteiger partial charge in [-0.05, 0) is 37.5 Å². The summed E-state index contributed by atoms with van der Waals surface area (Å²) in [5, 5.41) is 0.203. The SMILES string of the molecule is Nc1nc2c(-c3c(Cl)cc4c(c3F)OC[C@H]3CCCCN3C4=O)ccc(F)c2s1. The molecule has 1 atom stereocenters. The largest absolute Gasteiger partial charge is 0.487 e. The molecule has 1 amide bonds. The zero-order chi connectivity index (χ0) is 20.3. The van der Waals surface area contributed by atoms with Crippen molar-refractivity contribution in [2.75, 3.05) is 18.9 Å². The van der Waals surface area contributed by atoms with E-state index in [0.29, 0.717) is 12.1 Å². The van der Waals surface area contributed by atoms with Crippen LogP contribution in [0.1, 0.15) is 29.6 Å². The zero-order valence-corrected chi connectivity index (χ0v) is 16.7. The normalized spacial score (nSPS) is 18.9. The number of nitrogens with two attached hydrogens (primary N) is 1. The Morgan fingerprint density at radius 1 is 1.28 bits per heavy atom. The van der Waals surface area contributed by atoms with Crippen LogP contribution in [0.5, 0.6) is 5.75 Å². The number of carbonyl (C=O) groups excluding carboxylic acids is 1. The molecule has 0 unspecified atom stereocenters. The Morgan fingerprint density at radius 2 is 2.10 bits per heavy atom. The third-order valence-electron chi connectivity index (χ3n) is 5.49. The van der Waals surface area contributed by atoms with Crippen LogP contribution in [0.4, 0.5) is 13.9 Å². The van der Waals surface area contributed by atoms with Crippen molar-refractivity contribution in [2.45, 2.75) is 25.3 Å². The first-order chi connectivity index (χ1) is 14.0. The minimum atomic E-state index is -0.750. The van der Waals surface area contributed by atoms with Crippen molar-refractivity contribution in [3.05, 3.63) is 40.4 Å². The topological polar surface area (TPSA) is 68.5 Å². The van der Waals surface area contributed by atoms with Gasteiger partial charge in [0.25, 0.3) is 5.91 Å². The van der Waals surface area contributed by atoms with E-state index >= 15 is 4.39 Å². The summed E-state index contributed by atoms with van der Waals surface area (Å²) >= 11 is 7.41. The number of piperidine rings is 1. The van der Waals surface area contributed by atoms with Crippen molar-refractivity contribution >= 4 is 44.2 Å². The molecule has 150 valence electrons. The standard InChI is InChI=1S/C20H16ClF2N3O2S/c21-12-7-11-17(28-8-9-3-1-2-6-26(9)19(11)27)15(23)14(12)10-4-5-13(22)18-16(10)25-20(24)29-18/h4-5,7,9H,1-3,6,8H2,(H2,24,25)/t9-/m1/s1. The highest BCUT2D eigenvalue weighted by atomic mass is 35.5. The van der Waals surface area contributed by atoms with Crippen LogP contribution >= 0.6 is 22.9 Å². The molecule has 1 aromatic heterocycles. The fourth-order valence-electron chi connectivity index (χ4n) is 4.12. The average Bonchev–Trinajstić information content (AvgIpc) is 3.04. The Hall–Kier alpha value is -2.45. The van der Waals surface area contributed by atoms with E-state index in [0.717, 1.165) is 30.6 Å². The van der Waals surface area contributed by atoms with Gasteiger partial charge in [0.2, 0.25) is 0 Å². The number of fused-ring (bicyclic) bond motifs is 3. The number of hydrogen-bond acceptors (Lipinski definition) is 5. The van der Waals surface area contributed by atoms with Crippen LogP contribution in [0.2, 0.25) is 5.02 Å². The summed E-state index contributed by atoms with van der Waals surface area (Å²) in [4.78, 5) is 18.9. The second-order valence-corrected chi connectivity index (χ2v) is 8.65. The molecule has 1 saturated heterocycles. The molecule has 2 aromatic carbocycles. The Bertz CT molecular complexity index is 1170. The maximum Gasteiger partial charge on any atom is 0.258 e. The van der Waals surface area contributed by atoms with Gasteiger partial charge in [-0.1, -0.05) is 22.9 Å². The van der Waals surface area contributed by atoms with Gasteiger partial charge in [-0.2, -0.15) is 0 Å². The van der Waals surface area contributed by atoms with E-state index in [-0.39, 0.29) is 55.8 Å². The summed E-state index contributed by atoms with van der Waals surface area (Å²) in [6, 6.07) is 3.99. The smallest absolute Gasteiger partial charge is 0.258 e. The third-order valence-corrected chi connectivity index (χ3v) is 6.68. The Kier molecular flexibility index (Phi) is 4.36. The summed E-state index contributed by atoms with van der Waals surface area (Å²) in [5.41, 5.74) is 6.40. The molecule has 0 saturated carbocycles. The molecule has 0 spiro atoms. The molecule has 9 heteroatoms. The number of halogens is 3. The molecule has 3 aromatic rings. The van der Waals surface area contributed by atoms with Crippen LogP contribution in [0.15, 0.2) is 18.2 Å². The van der Waals surface area contributed by atoms with Crippen LogP contribution in [0, 0.1) is 11.6 Å². The van der Waals surface area contributed by atoms with Crippen molar-refractivity contribution in [3.8, 4) is 16.9 Å². The van der Waals surface area contributed by atoms with Crippen LogP contribution in [0.3, 0.4) is 0 Å². The number of amides is 1. The van der Waals surface area contributed by atoms with Crippen molar-refractivity contribution in [3.63, 3.8) is 0 Å². The van der Waals surface area contributed by atoms with Gasteiger partial charge in [0.1, 0.15) is 12.4 Å². The predicted octanol–water partition coefficient (Wildman–Crippen LogP) is 4.86. The fourth-order valence-corrected chi connectivity index (χ4v) is 5.18. The summed E-state index contributed by atoms with van der Waals surface area (Å²) < 4.78 is 35.8. The van der Waals surface area contributed by atoms with Gasteiger partial charge in [0, 0.05) is 17.7 Å². The van der Waals surface area contributed by atoms with Crippen LogP contribution in [-0.2, 0) is 0 Å². The molecule has 3 heterocycles. The highest BCUT2D eigenvalue weighted by Crippen LogP contribution is 2.44. The molecule has 5 nitrogen and oxygen atoms in total. The highest BCUT2D eigenvalue weighted by Gasteiger charge is 2.36. The first-order valence-corrected chi connectivity index (χ1v) is 10.5. The van der Waals surface area contributed by atoms with Gasteiger partial charge in [0.05, 0.1) is 26.8 Å². The maximum atomic E-state index is 15.6. The lowest BCUT2D eigenvalue weighted by molar-refractivity contribution is 0.0577. The van der Waals surface area contributed by atoms with Crippen molar-refractivity contribution in [2.24, 2.45) is 0 Å². The minimum absolute atomic E-state index is 0.0217. The molecule has 2 aliphatic heterocycles. The molecular weight excluding hydrogens is 420 g/mol. The number of nitrogens with zero attached hydrogens (tertiary/aromatic N) is 2. The number of aromatic nitrogens is 1. The minimum Gasteiger partial charge on any atom is -0.487 e. The molecular formula is C20H16ClF2N3O2S. The molecule has 0 radical (unpaired) electrons. The van der Waals surface area contributed by atoms with Gasteiger partial charge in [0.15, 0.2) is 16.7 Å². The Morgan fingerprint density at radius 3 is 2.93 bits per heavy atom. The number of ether oxygens (including phenoxy) is 1. The van der Waals surface area contributed by atoms with E-state index in [2.05, 4.69) is 4.98 Å². The van der Waals surface area contributed by atoms with Gasteiger partial charge in [-0.15, -0.1) is 0 Å². The van der Waals surface area contributed by atoms with Gasteiger partial charge >= 0.3 is 0 Å². The number of carbonyl (C=O) groups is 1. The zero-order valence-electron chi connectivity index (χ0n) is 15.2. The Labute approximate surface area is 174 Å². The number of thiazole rings is 1. The van der Waals surface area contributed by atoms with Gasteiger partial charge in [-0.25, -0.2) is 13.8 Å². The second kappa shape index (κ2) is 6.81. The molecule has 2 N–H and O–H groups in total. The molecule has 1 fully saturated rings. The van der Waals surface area contributed by atoms with Crippen LogP contribution < -0.4 is 10.5 Å². The fraction of sp³-hybridized carbons (Fsp3) is 0.300. The van der Waals surface area contributed by atoms with E-state index in [1.807, 2.05) is 0 Å². The summed E-state index contributed by atoms with van der Waals surface area (Å²) in [7, 11) is 0. The van der Waals surface area contributed by atoms with E-state index in [1.165, 1.54) is 18.2 Å². The first kappa shape index (κ1) is 18.6. The quantitative estimate of drug-likeness (QED) is 0.592. The van der Waals surface area contributed by atoms with Crippen LogP contribution in [-0.4, -0.2) is 35.0 Å². The highest BCUT2D eigenvalue weighted by molar-refractivity contribution is 7.22. The predicted molar refractivity (Wildman–Crippen MR) is 109 cm³/mol. The lowest BCUT2D eigenvalue weighted by Gasteiger charge is -2.33. The summed E-state index contributed by atoms with van der Waals surface area (Å²) in [6.07, 6.45) is 2.73. The number of nitrogen functional groups attached to an aromatic ring is 1. The van der Waals surface area contributed by atoms with Gasteiger partial charge < -0.3 is 15.4 Å². The number of hydrogen-bond donors (Lipinski definition) is 1. The lowest BCUT2D eigenvalue weighted by Crippen LogP contribution is -2.45. The molecule has 5 rings (SSSR count). The number of benzene rings is 2. The third kappa shape index (κ3) is 2.85. The number of rotatable bonds is 1. The summed E-state index contributed by atoms with van der Waals surface area (Å²) in [5.74, 6) is -1.64. The van der Waals surface area contributed by atoms with Crippen LogP contribution in [0.25, 0.3) is 21.3 Å². The maximum absolute atomic E-state index is 15.6. The average molecular weight is 436 g/mol. The second-order valence-electron chi connectivity index (χ2n) is 7.21. The lowest BCUT2D eigenvalue weighted by atomic mass is 9.99. The van der Waals surface area contributed by atoms with Crippen molar-refractivity contribution in [1.29, 1.82) is 0 Å². The molecule has 29 heavy (non-hydrogen) atoms. The molecule has 0 aliphatic carbocycles. The molecule has 0 bridgehead atoms. The van der Waals surface area contributed by atoms with E-state index in [1.54, 1.807) is 4.90 Å². The first-order valence-electron chi connectivity index (χ1n) is 9.26. The van der Waals surface area contributed by atoms with Gasteiger partial charge in [-0.3, -0.25) is 4.79 Å². The van der Waals surface area contributed by atoms with E-state index in [9.17, 15) is 9.18 Å². The van der Waals surface area contributed by atoms with Crippen molar-refractivity contribution in [1.82, 2.24) is 9.88 Å². The van der Waals surface area contributed by atoms with E-state index in [4.69, 9.17) is 22.1 Å². The Balaban J connectivity index is 1.71. The summed E-state index contributed by atoms with van der Waals surface area (Å²) in [6.45, 7) is 0.836. The van der Waals surface area contributed by atoms with Crippen molar-refractivity contribution < 1.29 is 18.3 Å². The molecule has 2 aliphatic rings. The number of anilines is 1. The van der Waals surface area contributed by atoms with E-state index < -0.39 is 11.6 Å².